The van der Waals surface area contributed by atoms with Crippen molar-refractivity contribution < 1.29 is 31.7 Å². The average molecular weight is 537 g/mol. The van der Waals surface area contributed by atoms with Gasteiger partial charge in [-0.15, -0.1) is 0 Å². The molecule has 0 saturated heterocycles. The third kappa shape index (κ3) is 4.92. The molecule has 1 heterocycles. The summed E-state index contributed by atoms with van der Waals surface area (Å²) in [7, 11) is 0. The van der Waals surface area contributed by atoms with Crippen molar-refractivity contribution in [2.45, 2.75) is 56.8 Å². The van der Waals surface area contributed by atoms with Crippen LogP contribution in [0, 0.1) is 12.7 Å². The van der Waals surface area contributed by atoms with E-state index >= 15 is 0 Å². The van der Waals surface area contributed by atoms with Gasteiger partial charge in [-0.3, -0.25) is 9.59 Å². The maximum Gasteiger partial charge on any atom is 0.471 e. The first kappa shape index (κ1) is 25.2. The van der Waals surface area contributed by atoms with Crippen LogP contribution in [0.4, 0.5) is 17.6 Å². The van der Waals surface area contributed by atoms with Gasteiger partial charge in [0.25, 0.3) is 0 Å². The number of fused-ring (bicyclic) bond motifs is 1. The molecule has 5 rings (SSSR count). The highest BCUT2D eigenvalue weighted by Gasteiger charge is 2.55. The van der Waals surface area contributed by atoms with Gasteiger partial charge >= 0.3 is 12.1 Å². The molecule has 0 spiro atoms. The van der Waals surface area contributed by atoms with Crippen molar-refractivity contribution in [1.82, 2.24) is 20.8 Å². The van der Waals surface area contributed by atoms with Crippen LogP contribution >= 0.6 is 11.6 Å². The lowest BCUT2D eigenvalue weighted by atomic mass is 9.85. The van der Waals surface area contributed by atoms with Gasteiger partial charge in [0.15, 0.2) is 0 Å². The Morgan fingerprint density at radius 3 is 2.59 bits per heavy atom. The predicted molar refractivity (Wildman–Crippen MR) is 125 cm³/mol. The van der Waals surface area contributed by atoms with Crippen LogP contribution in [0.25, 0.3) is 22.5 Å². The van der Waals surface area contributed by atoms with Crippen LogP contribution in [-0.4, -0.2) is 33.7 Å². The summed E-state index contributed by atoms with van der Waals surface area (Å²) < 4.78 is 58.1. The number of aromatic nitrogens is 2. The molecule has 0 aliphatic heterocycles. The van der Waals surface area contributed by atoms with Crippen molar-refractivity contribution in [2.24, 2.45) is 0 Å². The quantitative estimate of drug-likeness (QED) is 0.436. The summed E-state index contributed by atoms with van der Waals surface area (Å²) in [6.45, 7) is 1.59. The van der Waals surface area contributed by atoms with Crippen LogP contribution < -0.4 is 10.6 Å². The molecule has 3 aromatic rings. The van der Waals surface area contributed by atoms with Gasteiger partial charge in [-0.05, 0) is 66.5 Å². The summed E-state index contributed by atoms with van der Waals surface area (Å²) in [5.41, 5.74) is 1.42. The first-order valence-corrected chi connectivity index (χ1v) is 12.0. The molecule has 2 aliphatic rings. The Kier molecular flexibility index (Phi) is 6.21. The molecule has 37 heavy (non-hydrogen) atoms. The van der Waals surface area contributed by atoms with E-state index in [4.69, 9.17) is 16.1 Å². The molecule has 2 aliphatic carbocycles. The number of rotatable bonds is 5. The second-order valence-electron chi connectivity index (χ2n) is 9.31. The van der Waals surface area contributed by atoms with Crippen LogP contribution in [0.3, 0.4) is 0 Å². The Morgan fingerprint density at radius 2 is 1.95 bits per heavy atom. The van der Waals surface area contributed by atoms with E-state index in [1.165, 1.54) is 6.07 Å². The molecule has 194 valence electrons. The number of carbonyl (C=O) groups excluding carboxylic acids is 2. The number of nitrogens with one attached hydrogen (secondary N) is 2. The average Bonchev–Trinajstić information content (AvgIpc) is 3.49. The Balaban J connectivity index is 1.43. The third-order valence-corrected chi connectivity index (χ3v) is 6.89. The third-order valence-electron chi connectivity index (χ3n) is 6.67. The van der Waals surface area contributed by atoms with E-state index in [0.717, 1.165) is 11.1 Å². The van der Waals surface area contributed by atoms with E-state index in [1.807, 2.05) is 11.4 Å². The molecule has 2 aromatic carbocycles. The zero-order valence-electron chi connectivity index (χ0n) is 19.5. The van der Waals surface area contributed by atoms with Gasteiger partial charge in [0.1, 0.15) is 11.4 Å². The van der Waals surface area contributed by atoms with E-state index in [0.29, 0.717) is 30.4 Å². The number of nitrogens with zero attached hydrogens (tertiary/aromatic N) is 2. The largest absolute Gasteiger partial charge is 0.471 e. The van der Waals surface area contributed by atoms with Gasteiger partial charge in [0, 0.05) is 11.9 Å². The van der Waals surface area contributed by atoms with E-state index in [9.17, 15) is 27.2 Å². The molecular formula is C25H21ClF4N4O3. The standard InChI is InChI=1S/C25H21ClF4N4O3/c1-12-31-21(34-37-12)20-17(10-15(26)11-18(20)27)14-5-6-16-13(9-14)3-2-4-19(16)32-22(35)24(7-8-24)33-23(36)25(28,29)30/h5-6,9-11,19H,2-4,7-8H2,1H3,(H,32,35)(H,33,36). The lowest BCUT2D eigenvalue weighted by Crippen LogP contribution is -2.53. The minimum Gasteiger partial charge on any atom is -0.347 e. The lowest BCUT2D eigenvalue weighted by molar-refractivity contribution is -0.175. The smallest absolute Gasteiger partial charge is 0.347 e. The molecule has 1 saturated carbocycles. The number of hydrogen-bond acceptors (Lipinski definition) is 5. The van der Waals surface area contributed by atoms with Crippen molar-refractivity contribution in [3.63, 3.8) is 0 Å². The van der Waals surface area contributed by atoms with Gasteiger partial charge in [0.05, 0.1) is 11.6 Å². The summed E-state index contributed by atoms with van der Waals surface area (Å²) in [4.78, 5) is 28.4. The summed E-state index contributed by atoms with van der Waals surface area (Å²) in [6, 6.07) is 7.75. The van der Waals surface area contributed by atoms with Crippen molar-refractivity contribution in [2.75, 3.05) is 0 Å². The monoisotopic (exact) mass is 536 g/mol. The molecule has 0 radical (unpaired) electrons. The first-order valence-electron chi connectivity index (χ1n) is 11.6. The second-order valence-corrected chi connectivity index (χ2v) is 9.75. The van der Waals surface area contributed by atoms with Gasteiger partial charge in [-0.1, -0.05) is 35.0 Å². The van der Waals surface area contributed by atoms with Gasteiger partial charge in [-0.25, -0.2) is 4.39 Å². The maximum absolute atomic E-state index is 15.0. The highest BCUT2D eigenvalue weighted by Crippen LogP contribution is 2.41. The summed E-state index contributed by atoms with van der Waals surface area (Å²) in [6.07, 6.45) is -2.81. The number of alkyl halides is 3. The maximum atomic E-state index is 15.0. The molecule has 7 nitrogen and oxygen atoms in total. The molecule has 12 heteroatoms. The molecule has 1 unspecified atom stereocenters. The molecule has 1 fully saturated rings. The van der Waals surface area contributed by atoms with Gasteiger partial charge in [0.2, 0.25) is 17.6 Å². The first-order chi connectivity index (χ1) is 17.5. The van der Waals surface area contributed by atoms with Crippen molar-refractivity contribution in [3.05, 3.63) is 58.2 Å². The van der Waals surface area contributed by atoms with E-state index in [2.05, 4.69) is 15.5 Å². The minimum absolute atomic E-state index is 0.0835. The van der Waals surface area contributed by atoms with Crippen LogP contribution in [0.15, 0.2) is 34.9 Å². The molecule has 0 bridgehead atoms. The number of aryl methyl sites for hydroxylation is 2. The zero-order chi connectivity index (χ0) is 26.5. The lowest BCUT2D eigenvalue weighted by Gasteiger charge is -2.29. The number of carbonyl (C=O) groups is 2. The molecule has 1 atom stereocenters. The summed E-state index contributed by atoms with van der Waals surface area (Å²) in [5.74, 6) is -3.02. The fourth-order valence-corrected chi connectivity index (χ4v) is 4.88. The summed E-state index contributed by atoms with van der Waals surface area (Å²) in [5, 5.41) is 8.69. The summed E-state index contributed by atoms with van der Waals surface area (Å²) >= 11 is 6.15. The number of amides is 2. The van der Waals surface area contributed by atoms with Crippen molar-refractivity contribution >= 4 is 23.4 Å². The SMILES string of the molecule is Cc1nc(-c2c(F)cc(Cl)cc2-c2ccc3c(c2)CCCC3NC(=O)C2(NC(=O)C(F)(F)F)CC2)no1. The molecule has 1 aromatic heterocycles. The Hall–Kier alpha value is -3.47. The number of hydrogen-bond donors (Lipinski definition) is 2. The molecular weight excluding hydrogens is 516 g/mol. The van der Waals surface area contributed by atoms with Crippen LogP contribution in [0.1, 0.15) is 48.7 Å². The zero-order valence-corrected chi connectivity index (χ0v) is 20.3. The van der Waals surface area contributed by atoms with Gasteiger partial charge in [-0.2, -0.15) is 18.2 Å². The minimum atomic E-state index is -5.07. The highest BCUT2D eigenvalue weighted by atomic mass is 35.5. The molecule has 2 N–H and O–H groups in total. The Morgan fingerprint density at radius 1 is 1.19 bits per heavy atom. The van der Waals surface area contributed by atoms with E-state index in [-0.39, 0.29) is 35.1 Å². The topological polar surface area (TPSA) is 97.1 Å². The Labute approximate surface area is 213 Å². The van der Waals surface area contributed by atoms with E-state index in [1.54, 1.807) is 25.1 Å². The van der Waals surface area contributed by atoms with Gasteiger partial charge < -0.3 is 15.2 Å². The normalized spacial score (nSPS) is 18.2. The van der Waals surface area contributed by atoms with Crippen molar-refractivity contribution in [3.8, 4) is 22.5 Å². The predicted octanol–water partition coefficient (Wildman–Crippen LogP) is 5.21. The number of benzene rings is 2. The fraction of sp³-hybridized carbons (Fsp3) is 0.360. The van der Waals surface area contributed by atoms with Crippen LogP contribution in [-0.2, 0) is 16.0 Å². The number of halogens is 5. The second kappa shape index (κ2) is 9.13. The van der Waals surface area contributed by atoms with Crippen LogP contribution in [0.2, 0.25) is 5.02 Å². The molecule has 2 amide bonds. The Bertz CT molecular complexity index is 1400. The highest BCUT2D eigenvalue weighted by molar-refractivity contribution is 6.31. The van der Waals surface area contributed by atoms with Crippen LogP contribution in [0.5, 0.6) is 0 Å². The van der Waals surface area contributed by atoms with Crippen molar-refractivity contribution in [1.29, 1.82) is 0 Å². The van der Waals surface area contributed by atoms with E-state index < -0.39 is 35.4 Å². The fourth-order valence-electron chi connectivity index (χ4n) is 4.68.